The Bertz CT molecular complexity index is 1450. The van der Waals surface area contributed by atoms with E-state index in [9.17, 15) is 9.59 Å². The van der Waals surface area contributed by atoms with Crippen LogP contribution in [0.25, 0.3) is 28.3 Å². The summed E-state index contributed by atoms with van der Waals surface area (Å²) in [6, 6.07) is 4.03. The van der Waals surface area contributed by atoms with Crippen LogP contribution in [0.1, 0.15) is 54.6 Å². The maximum Gasteiger partial charge on any atom is 0.317 e. The van der Waals surface area contributed by atoms with Crippen LogP contribution >= 0.6 is 0 Å². The lowest BCUT2D eigenvalue weighted by Gasteiger charge is -2.38. The molecular formula is C25H27N9O2. The topological polar surface area (TPSA) is 147 Å². The largest absolute Gasteiger partial charge is 0.383 e. The lowest BCUT2D eigenvalue weighted by Crippen LogP contribution is -2.49. The Morgan fingerprint density at radius 2 is 1.92 bits per heavy atom. The van der Waals surface area contributed by atoms with Gasteiger partial charge < -0.3 is 20.9 Å². The summed E-state index contributed by atoms with van der Waals surface area (Å²) in [4.78, 5) is 44.0. The molecule has 6 rings (SSSR count). The van der Waals surface area contributed by atoms with Crippen LogP contribution in [-0.4, -0.2) is 65.4 Å². The molecule has 0 aromatic carbocycles. The summed E-state index contributed by atoms with van der Waals surface area (Å²) >= 11 is 0. The number of nitrogens with zero attached hydrogens (tertiary/aromatic N) is 6. The highest BCUT2D eigenvalue weighted by Crippen LogP contribution is 2.44. The highest BCUT2D eigenvalue weighted by atomic mass is 16.2. The number of amides is 2. The number of nitrogens with two attached hydrogens (primary N) is 1. The van der Waals surface area contributed by atoms with E-state index in [1.165, 1.54) is 11.4 Å². The Morgan fingerprint density at radius 1 is 1.14 bits per heavy atom. The van der Waals surface area contributed by atoms with E-state index in [0.717, 1.165) is 42.5 Å². The van der Waals surface area contributed by atoms with Gasteiger partial charge in [-0.1, -0.05) is 6.07 Å². The Labute approximate surface area is 207 Å². The number of urea groups is 1. The van der Waals surface area contributed by atoms with Crippen molar-refractivity contribution < 1.29 is 9.59 Å². The molecule has 0 saturated carbocycles. The van der Waals surface area contributed by atoms with Gasteiger partial charge in [-0.3, -0.25) is 9.78 Å². The maximum absolute atomic E-state index is 12.7. The summed E-state index contributed by atoms with van der Waals surface area (Å²) in [5, 5.41) is 7.22. The van der Waals surface area contributed by atoms with Crippen molar-refractivity contribution in [1.29, 1.82) is 0 Å². The zero-order valence-electron chi connectivity index (χ0n) is 20.1. The molecule has 6 heterocycles. The molecule has 11 nitrogen and oxygen atoms in total. The number of hydrogen-bond donors (Lipinski definition) is 3. The number of fused-ring (bicyclic) bond motifs is 3. The number of anilines is 1. The van der Waals surface area contributed by atoms with E-state index in [4.69, 9.17) is 10.7 Å². The molecule has 2 fully saturated rings. The predicted octanol–water partition coefficient (Wildman–Crippen LogP) is 3.02. The zero-order chi connectivity index (χ0) is 25.0. The van der Waals surface area contributed by atoms with Gasteiger partial charge in [0.05, 0.1) is 17.5 Å². The summed E-state index contributed by atoms with van der Waals surface area (Å²) in [5.41, 5.74) is 10.6. The third kappa shape index (κ3) is 3.42. The van der Waals surface area contributed by atoms with Crippen molar-refractivity contribution in [1.82, 2.24) is 39.8 Å². The minimum atomic E-state index is -0.139. The Morgan fingerprint density at radius 3 is 2.53 bits per heavy atom. The smallest absolute Gasteiger partial charge is 0.317 e. The molecule has 3 atom stereocenters. The molecule has 2 aliphatic rings. The quantitative estimate of drug-likeness (QED) is 0.376. The lowest BCUT2D eigenvalue weighted by atomic mass is 9.85. The first kappa shape index (κ1) is 22.2. The number of rotatable bonds is 4. The molecule has 0 radical (unpaired) electrons. The van der Waals surface area contributed by atoms with Crippen LogP contribution in [0.15, 0.2) is 36.9 Å². The highest BCUT2D eigenvalue weighted by molar-refractivity contribution is 6.00. The Hall–Kier alpha value is -4.28. The van der Waals surface area contributed by atoms with Crippen LogP contribution in [0, 0.1) is 0 Å². The first-order valence-electron chi connectivity index (χ1n) is 12.1. The summed E-state index contributed by atoms with van der Waals surface area (Å²) < 4.78 is 1.53. The molecule has 2 bridgehead atoms. The number of ketones is 1. The van der Waals surface area contributed by atoms with Gasteiger partial charge >= 0.3 is 6.03 Å². The number of carbonyl (C=O) groups excluding carboxylic acids is 2. The van der Waals surface area contributed by atoms with Crippen molar-refractivity contribution in [2.45, 2.75) is 50.6 Å². The molecule has 2 saturated heterocycles. The Balaban J connectivity index is 1.42. The number of nitrogen functional groups attached to an aromatic ring is 1. The molecule has 11 heteroatoms. The van der Waals surface area contributed by atoms with Gasteiger partial charge in [-0.05, 0) is 38.7 Å². The van der Waals surface area contributed by atoms with Crippen molar-refractivity contribution in [3.8, 4) is 22.6 Å². The van der Waals surface area contributed by atoms with Gasteiger partial charge in [0.25, 0.3) is 0 Å². The molecule has 2 aliphatic heterocycles. The van der Waals surface area contributed by atoms with Gasteiger partial charge in [-0.25, -0.2) is 14.8 Å². The van der Waals surface area contributed by atoms with Crippen molar-refractivity contribution >= 4 is 23.3 Å². The van der Waals surface area contributed by atoms with Crippen LogP contribution in [0.2, 0.25) is 0 Å². The number of Topliss-reactive ketones (excluding diaryl/α,β-unsaturated/α-hetero) is 1. The third-order valence-corrected chi connectivity index (χ3v) is 7.45. The molecule has 0 aliphatic carbocycles. The SMILES string of the molecule is CNC(=O)N1C2CC[C@H]1CC(c1nc3c(-c4ccc(-c5ncc[nH]5)nc4)cnn3c(N)c1C(C)=O)C2. The van der Waals surface area contributed by atoms with E-state index in [1.807, 2.05) is 17.0 Å². The van der Waals surface area contributed by atoms with Crippen molar-refractivity contribution in [2.75, 3.05) is 12.8 Å². The number of pyridine rings is 1. The minimum absolute atomic E-state index is 0.0248. The molecule has 184 valence electrons. The third-order valence-electron chi connectivity index (χ3n) is 7.45. The van der Waals surface area contributed by atoms with Crippen molar-refractivity contribution in [2.24, 2.45) is 0 Å². The fraction of sp³-hybridized carbons (Fsp3) is 0.360. The van der Waals surface area contributed by atoms with E-state index in [1.54, 1.807) is 31.8 Å². The second-order valence-corrected chi connectivity index (χ2v) is 9.49. The number of aromatic amines is 1. The maximum atomic E-state index is 12.7. The fourth-order valence-electron chi connectivity index (χ4n) is 5.85. The van der Waals surface area contributed by atoms with Gasteiger partial charge in [0.1, 0.15) is 11.5 Å². The van der Waals surface area contributed by atoms with E-state index in [2.05, 4.69) is 25.4 Å². The first-order chi connectivity index (χ1) is 17.5. The van der Waals surface area contributed by atoms with E-state index in [-0.39, 0.29) is 35.6 Å². The van der Waals surface area contributed by atoms with Crippen molar-refractivity contribution in [3.05, 3.63) is 48.2 Å². The van der Waals surface area contributed by atoms with Crippen LogP contribution in [0.4, 0.5) is 10.6 Å². The number of piperidine rings is 1. The van der Waals surface area contributed by atoms with Crippen LogP contribution in [0.5, 0.6) is 0 Å². The molecule has 4 aromatic rings. The van der Waals surface area contributed by atoms with Crippen LogP contribution in [0.3, 0.4) is 0 Å². The average molecular weight is 486 g/mol. The van der Waals surface area contributed by atoms with E-state index >= 15 is 0 Å². The number of imidazole rings is 1. The number of nitrogens with one attached hydrogen (secondary N) is 2. The number of H-pyrrole nitrogens is 1. The zero-order valence-corrected chi connectivity index (χ0v) is 20.1. The second-order valence-electron chi connectivity index (χ2n) is 9.49. The summed E-state index contributed by atoms with van der Waals surface area (Å²) in [7, 11) is 1.66. The first-order valence-corrected chi connectivity index (χ1v) is 12.1. The molecule has 4 N–H and O–H groups in total. The van der Waals surface area contributed by atoms with Crippen molar-refractivity contribution in [3.63, 3.8) is 0 Å². The number of hydrogen-bond acceptors (Lipinski definition) is 7. The predicted molar refractivity (Wildman–Crippen MR) is 133 cm³/mol. The molecular weight excluding hydrogens is 458 g/mol. The van der Waals surface area contributed by atoms with Crippen LogP contribution < -0.4 is 11.1 Å². The van der Waals surface area contributed by atoms with E-state index < -0.39 is 0 Å². The van der Waals surface area contributed by atoms with Gasteiger partial charge in [0.2, 0.25) is 0 Å². The summed E-state index contributed by atoms with van der Waals surface area (Å²) in [5.74, 6) is 0.862. The average Bonchev–Trinajstić information content (AvgIpc) is 3.62. The monoisotopic (exact) mass is 485 g/mol. The summed E-state index contributed by atoms with van der Waals surface area (Å²) in [6.07, 6.45) is 10.3. The van der Waals surface area contributed by atoms with Crippen LogP contribution in [-0.2, 0) is 0 Å². The normalized spacial score (nSPS) is 21.2. The van der Waals surface area contributed by atoms with E-state index in [0.29, 0.717) is 22.7 Å². The number of aromatic nitrogens is 6. The molecule has 2 unspecified atom stereocenters. The van der Waals surface area contributed by atoms with Gasteiger partial charge in [-0.2, -0.15) is 9.61 Å². The number of carbonyl (C=O) groups is 2. The summed E-state index contributed by atoms with van der Waals surface area (Å²) in [6.45, 7) is 1.51. The molecule has 0 spiro atoms. The van der Waals surface area contributed by atoms with Gasteiger partial charge in [0, 0.05) is 54.8 Å². The highest BCUT2D eigenvalue weighted by Gasteiger charge is 2.44. The Kier molecular flexibility index (Phi) is 5.20. The molecule has 2 amide bonds. The molecule has 36 heavy (non-hydrogen) atoms. The second kappa shape index (κ2) is 8.43. The standard InChI is InChI=1S/C25H27N9O2/c1-13(35)20-21(15-9-16-4-5-17(10-15)33(16)25(36)27-2)32-24-18(12-31-34(24)22(20)26)14-3-6-19(30-11-14)23-28-7-8-29-23/h3,6-8,11-12,15-17H,4-5,9-10,26H2,1-2H3,(H,27,36)(H,28,29)/t15?,16-,17?/m0/s1. The minimum Gasteiger partial charge on any atom is -0.383 e. The molecule has 4 aromatic heterocycles. The van der Waals surface area contributed by atoms with Gasteiger partial charge in [0.15, 0.2) is 17.3 Å². The lowest BCUT2D eigenvalue weighted by molar-refractivity contribution is 0.101. The van der Waals surface area contributed by atoms with Gasteiger partial charge in [-0.15, -0.1) is 0 Å². The fourth-order valence-corrected chi connectivity index (χ4v) is 5.85.